The monoisotopic (exact) mass is 271 g/mol. The van der Waals surface area contributed by atoms with Gasteiger partial charge in [-0.15, -0.1) is 0 Å². The molecule has 0 aliphatic carbocycles. The van der Waals surface area contributed by atoms with Crippen LogP contribution in [-0.4, -0.2) is 30.0 Å². The van der Waals surface area contributed by atoms with Gasteiger partial charge in [-0.25, -0.2) is 0 Å². The Morgan fingerprint density at radius 2 is 2.20 bits per heavy atom. The highest BCUT2D eigenvalue weighted by molar-refractivity contribution is 5.83. The van der Waals surface area contributed by atoms with Crippen molar-refractivity contribution in [2.45, 2.75) is 31.7 Å². The first kappa shape index (κ1) is 13.2. The number of para-hydroxylation sites is 1. The van der Waals surface area contributed by atoms with Crippen molar-refractivity contribution in [1.82, 2.24) is 15.6 Å². The van der Waals surface area contributed by atoms with Crippen LogP contribution in [0.15, 0.2) is 30.5 Å². The van der Waals surface area contributed by atoms with Crippen molar-refractivity contribution in [1.29, 1.82) is 0 Å². The van der Waals surface area contributed by atoms with Crippen LogP contribution in [0.5, 0.6) is 0 Å². The molecular formula is C16H21N3O. The third-order valence-electron chi connectivity index (χ3n) is 4.00. The number of piperidine rings is 1. The molecule has 3 rings (SSSR count). The highest BCUT2D eigenvalue weighted by Crippen LogP contribution is 2.17. The number of benzene rings is 1. The summed E-state index contributed by atoms with van der Waals surface area (Å²) >= 11 is 0. The van der Waals surface area contributed by atoms with Crippen molar-refractivity contribution in [3.63, 3.8) is 0 Å². The van der Waals surface area contributed by atoms with Crippen molar-refractivity contribution in [2.75, 3.05) is 13.1 Å². The van der Waals surface area contributed by atoms with Gasteiger partial charge in [0, 0.05) is 23.6 Å². The fourth-order valence-corrected chi connectivity index (χ4v) is 2.86. The van der Waals surface area contributed by atoms with Gasteiger partial charge in [0.2, 0.25) is 5.91 Å². The van der Waals surface area contributed by atoms with Crippen LogP contribution in [0, 0.1) is 0 Å². The average molecular weight is 271 g/mol. The largest absolute Gasteiger partial charge is 0.361 e. The number of carbonyl (C=O) groups is 1. The molecule has 0 bridgehead atoms. The summed E-state index contributed by atoms with van der Waals surface area (Å²) in [5, 5.41) is 7.56. The van der Waals surface area contributed by atoms with E-state index >= 15 is 0 Å². The number of hydrogen-bond donors (Lipinski definition) is 3. The molecule has 4 nitrogen and oxygen atoms in total. The summed E-state index contributed by atoms with van der Waals surface area (Å²) in [5.41, 5.74) is 2.42. The molecule has 1 fully saturated rings. The Morgan fingerprint density at radius 3 is 3.05 bits per heavy atom. The number of amides is 1. The Bertz CT molecular complexity index is 584. The van der Waals surface area contributed by atoms with Crippen LogP contribution in [0.4, 0.5) is 0 Å². The zero-order chi connectivity index (χ0) is 13.8. The van der Waals surface area contributed by atoms with Crippen molar-refractivity contribution >= 4 is 16.8 Å². The van der Waals surface area contributed by atoms with Crippen LogP contribution in [0.2, 0.25) is 0 Å². The first-order valence-corrected chi connectivity index (χ1v) is 7.41. The molecule has 1 amide bonds. The van der Waals surface area contributed by atoms with Gasteiger partial charge >= 0.3 is 0 Å². The lowest BCUT2D eigenvalue weighted by Crippen LogP contribution is -2.47. The van der Waals surface area contributed by atoms with E-state index in [2.05, 4.69) is 27.8 Å². The minimum Gasteiger partial charge on any atom is -0.361 e. The molecule has 2 aromatic rings. The number of H-pyrrole nitrogens is 1. The molecule has 0 saturated carbocycles. The second-order valence-corrected chi connectivity index (χ2v) is 5.40. The highest BCUT2D eigenvalue weighted by atomic mass is 16.2. The molecule has 1 aromatic carbocycles. The van der Waals surface area contributed by atoms with E-state index in [9.17, 15) is 4.79 Å². The molecule has 1 aromatic heterocycles. The van der Waals surface area contributed by atoms with Gasteiger partial charge in [0.25, 0.3) is 0 Å². The van der Waals surface area contributed by atoms with Crippen molar-refractivity contribution in [3.8, 4) is 0 Å². The predicted molar refractivity (Wildman–Crippen MR) is 80.7 cm³/mol. The molecule has 0 radical (unpaired) electrons. The van der Waals surface area contributed by atoms with Crippen LogP contribution in [0.25, 0.3) is 10.9 Å². The van der Waals surface area contributed by atoms with Crippen LogP contribution in [0.1, 0.15) is 24.8 Å². The van der Waals surface area contributed by atoms with Gasteiger partial charge in [0.15, 0.2) is 0 Å². The number of carbonyl (C=O) groups excluding carboxylic acids is 1. The van der Waals surface area contributed by atoms with Gasteiger partial charge in [-0.3, -0.25) is 4.79 Å². The first-order valence-electron chi connectivity index (χ1n) is 7.41. The summed E-state index contributed by atoms with van der Waals surface area (Å²) in [4.78, 5) is 15.3. The molecular weight excluding hydrogens is 250 g/mol. The van der Waals surface area contributed by atoms with Crippen LogP contribution in [0.3, 0.4) is 0 Å². The number of nitrogens with one attached hydrogen (secondary N) is 3. The molecule has 106 valence electrons. The van der Waals surface area contributed by atoms with Gasteiger partial charge in [-0.05, 0) is 37.4 Å². The van der Waals surface area contributed by atoms with Crippen molar-refractivity contribution in [3.05, 3.63) is 36.0 Å². The third kappa shape index (κ3) is 2.85. The van der Waals surface area contributed by atoms with Crippen molar-refractivity contribution in [2.24, 2.45) is 0 Å². The van der Waals surface area contributed by atoms with Crippen LogP contribution >= 0.6 is 0 Å². The Morgan fingerprint density at radius 1 is 1.30 bits per heavy atom. The van der Waals surface area contributed by atoms with Gasteiger partial charge in [0.05, 0.1) is 6.04 Å². The number of aromatic amines is 1. The molecule has 1 aliphatic heterocycles. The lowest BCUT2D eigenvalue weighted by Gasteiger charge is -2.22. The Labute approximate surface area is 118 Å². The zero-order valence-corrected chi connectivity index (χ0v) is 11.6. The fourth-order valence-electron chi connectivity index (χ4n) is 2.86. The number of rotatable bonds is 4. The van der Waals surface area contributed by atoms with E-state index in [1.165, 1.54) is 17.4 Å². The third-order valence-corrected chi connectivity index (χ3v) is 4.00. The summed E-state index contributed by atoms with van der Waals surface area (Å²) in [6, 6.07) is 8.27. The van der Waals surface area contributed by atoms with Crippen LogP contribution < -0.4 is 10.6 Å². The molecule has 2 heterocycles. The van der Waals surface area contributed by atoms with E-state index in [0.717, 1.165) is 31.3 Å². The first-order chi connectivity index (χ1) is 9.84. The normalized spacial score (nSPS) is 19.1. The second kappa shape index (κ2) is 6.09. The van der Waals surface area contributed by atoms with Gasteiger partial charge < -0.3 is 15.6 Å². The van der Waals surface area contributed by atoms with E-state index in [1.54, 1.807) is 0 Å². The summed E-state index contributed by atoms with van der Waals surface area (Å²) in [7, 11) is 0. The van der Waals surface area contributed by atoms with E-state index in [0.29, 0.717) is 6.54 Å². The molecule has 20 heavy (non-hydrogen) atoms. The van der Waals surface area contributed by atoms with E-state index in [4.69, 9.17) is 0 Å². The smallest absolute Gasteiger partial charge is 0.237 e. The summed E-state index contributed by atoms with van der Waals surface area (Å²) in [5.74, 6) is 0.143. The maximum absolute atomic E-state index is 12.0. The lowest BCUT2D eigenvalue weighted by molar-refractivity contribution is -0.123. The molecule has 3 N–H and O–H groups in total. The SMILES string of the molecule is O=C(NCCc1c[nH]c2ccccc12)C1CCCCN1. The zero-order valence-electron chi connectivity index (χ0n) is 11.6. The van der Waals surface area contributed by atoms with Gasteiger partial charge in [0.1, 0.15) is 0 Å². The van der Waals surface area contributed by atoms with E-state index in [-0.39, 0.29) is 11.9 Å². The summed E-state index contributed by atoms with van der Waals surface area (Å²) in [6.45, 7) is 1.65. The topological polar surface area (TPSA) is 56.9 Å². The second-order valence-electron chi connectivity index (χ2n) is 5.40. The van der Waals surface area contributed by atoms with Crippen molar-refractivity contribution < 1.29 is 4.79 Å². The summed E-state index contributed by atoms with van der Waals surface area (Å²) < 4.78 is 0. The average Bonchev–Trinajstić information content (AvgIpc) is 2.92. The molecule has 1 aliphatic rings. The van der Waals surface area contributed by atoms with E-state index in [1.807, 2.05) is 18.3 Å². The molecule has 1 saturated heterocycles. The highest BCUT2D eigenvalue weighted by Gasteiger charge is 2.19. The summed E-state index contributed by atoms with van der Waals surface area (Å²) in [6.07, 6.45) is 6.18. The minimum atomic E-state index is 0.00622. The molecule has 4 heteroatoms. The lowest BCUT2D eigenvalue weighted by atomic mass is 10.0. The Hall–Kier alpha value is -1.81. The number of hydrogen-bond acceptors (Lipinski definition) is 2. The van der Waals surface area contributed by atoms with Gasteiger partial charge in [-0.2, -0.15) is 0 Å². The molecule has 0 spiro atoms. The standard InChI is InChI=1S/C16H21N3O/c20-16(15-7-3-4-9-17-15)18-10-8-12-11-19-14-6-2-1-5-13(12)14/h1-2,5-6,11,15,17,19H,3-4,7-10H2,(H,18,20). The predicted octanol–water partition coefficient (Wildman–Crippen LogP) is 1.97. The van der Waals surface area contributed by atoms with E-state index < -0.39 is 0 Å². The Balaban J connectivity index is 1.53. The Kier molecular flexibility index (Phi) is 4.02. The maximum Gasteiger partial charge on any atom is 0.237 e. The van der Waals surface area contributed by atoms with Crippen LogP contribution in [-0.2, 0) is 11.2 Å². The minimum absolute atomic E-state index is 0.00622. The number of fused-ring (bicyclic) bond motifs is 1. The number of aromatic nitrogens is 1. The van der Waals surface area contributed by atoms with Gasteiger partial charge in [-0.1, -0.05) is 24.6 Å². The maximum atomic E-state index is 12.0. The quantitative estimate of drug-likeness (QED) is 0.796. The molecule has 1 atom stereocenters. The fraction of sp³-hybridized carbons (Fsp3) is 0.438. The molecule has 1 unspecified atom stereocenters.